The summed E-state index contributed by atoms with van der Waals surface area (Å²) in [5, 5.41) is 9.59. The van der Waals surface area contributed by atoms with E-state index in [2.05, 4.69) is 0 Å². The lowest BCUT2D eigenvalue weighted by Crippen LogP contribution is -2.14. The largest absolute Gasteiger partial charge is 0.496 e. The molecule has 0 unspecified atom stereocenters. The van der Waals surface area contributed by atoms with E-state index in [9.17, 15) is 26.7 Å². The molecule has 0 fully saturated rings. The number of carboxylic acids is 1. The summed E-state index contributed by atoms with van der Waals surface area (Å²) in [7, 11) is -7.63. The van der Waals surface area contributed by atoms with E-state index in [0.29, 0.717) is 0 Å². The average molecular weight is 493 g/mol. The van der Waals surface area contributed by atoms with Crippen molar-refractivity contribution < 1.29 is 39.8 Å². The molecule has 0 aliphatic carbocycles. The highest BCUT2D eigenvalue weighted by Gasteiger charge is 2.27. The van der Waals surface area contributed by atoms with Gasteiger partial charge in [0.25, 0.3) is 0 Å². The van der Waals surface area contributed by atoms with Crippen molar-refractivity contribution in [2.45, 2.75) is 23.6 Å². The molecule has 0 aliphatic heterocycles. The fourth-order valence-electron chi connectivity index (χ4n) is 2.80. The van der Waals surface area contributed by atoms with Gasteiger partial charge in [0.1, 0.15) is 26.9 Å². The smallest absolute Gasteiger partial charge is 0.343 e. The number of hydrogen-bond acceptors (Lipinski definition) is 8. The topological polar surface area (TPSA) is 133 Å². The third kappa shape index (κ3) is 5.44. The van der Waals surface area contributed by atoms with E-state index in [-0.39, 0.29) is 15.5 Å². The molecular weight excluding hydrogens is 472 g/mol. The number of methoxy groups -OCH3 is 1. The Hall–Kier alpha value is -3.57. The van der Waals surface area contributed by atoms with Crippen LogP contribution >= 0.6 is 0 Å². The van der Waals surface area contributed by atoms with Crippen LogP contribution in [0, 0.1) is 13.8 Å². The molecule has 0 aromatic heterocycles. The maximum atomic E-state index is 12.7. The zero-order chi connectivity index (χ0) is 24.4. The molecule has 0 saturated heterocycles. The Balaban J connectivity index is 2.07. The zero-order valence-corrected chi connectivity index (χ0v) is 19.4. The lowest BCUT2D eigenvalue weighted by molar-refractivity contribution is 0.0691. The minimum atomic E-state index is -4.45. The van der Waals surface area contributed by atoms with Crippen molar-refractivity contribution in [3.8, 4) is 17.2 Å². The number of aryl methyl sites for hydroxylation is 2. The third-order valence-corrected chi connectivity index (χ3v) is 7.01. The van der Waals surface area contributed by atoms with Gasteiger partial charge in [0.15, 0.2) is 5.75 Å². The van der Waals surface area contributed by atoms with Crippen molar-refractivity contribution in [1.29, 1.82) is 0 Å². The number of ether oxygens (including phenoxy) is 1. The molecule has 0 aliphatic rings. The summed E-state index contributed by atoms with van der Waals surface area (Å²) in [6.07, 6.45) is 0. The summed E-state index contributed by atoms with van der Waals surface area (Å²) in [6, 6.07) is 13.4. The van der Waals surface area contributed by atoms with Gasteiger partial charge in [0.05, 0.1) is 7.11 Å². The van der Waals surface area contributed by atoms with Crippen molar-refractivity contribution in [1.82, 2.24) is 0 Å². The van der Waals surface area contributed by atoms with Crippen molar-refractivity contribution in [2.24, 2.45) is 0 Å². The SMILES string of the molecule is COc1cc(OS(=O)(=O)c2ccc(C)cc2)cc(OS(=O)(=O)c2ccc(C)cc2)c1C(=O)O. The molecule has 0 bridgehead atoms. The first-order valence-corrected chi connectivity index (χ1v) is 12.2. The van der Waals surface area contributed by atoms with Crippen molar-refractivity contribution in [3.05, 3.63) is 77.4 Å². The van der Waals surface area contributed by atoms with Gasteiger partial charge in [-0.3, -0.25) is 0 Å². The highest BCUT2D eigenvalue weighted by Crippen LogP contribution is 2.37. The molecule has 0 saturated carbocycles. The first-order chi connectivity index (χ1) is 15.4. The summed E-state index contributed by atoms with van der Waals surface area (Å²) in [6.45, 7) is 3.55. The van der Waals surface area contributed by atoms with Gasteiger partial charge in [0, 0.05) is 12.1 Å². The van der Waals surface area contributed by atoms with Crippen LogP contribution < -0.4 is 13.1 Å². The van der Waals surface area contributed by atoms with Crippen molar-refractivity contribution in [3.63, 3.8) is 0 Å². The third-order valence-electron chi connectivity index (χ3n) is 4.50. The molecule has 0 heterocycles. The Labute approximate surface area is 191 Å². The minimum absolute atomic E-state index is 0.149. The maximum absolute atomic E-state index is 12.7. The number of aromatic carboxylic acids is 1. The summed E-state index contributed by atoms with van der Waals surface area (Å²) in [4.78, 5) is 11.4. The predicted molar refractivity (Wildman–Crippen MR) is 118 cm³/mol. The second kappa shape index (κ2) is 9.12. The van der Waals surface area contributed by atoms with E-state index >= 15 is 0 Å². The van der Waals surface area contributed by atoms with E-state index in [0.717, 1.165) is 30.4 Å². The van der Waals surface area contributed by atoms with Gasteiger partial charge < -0.3 is 18.2 Å². The Morgan fingerprint density at radius 2 is 1.15 bits per heavy atom. The van der Waals surface area contributed by atoms with Crippen molar-refractivity contribution >= 4 is 26.2 Å². The molecule has 3 rings (SSSR count). The van der Waals surface area contributed by atoms with Gasteiger partial charge in [-0.2, -0.15) is 16.8 Å². The molecule has 9 nitrogen and oxygen atoms in total. The van der Waals surface area contributed by atoms with Crippen LogP contribution in [0.4, 0.5) is 0 Å². The highest BCUT2D eigenvalue weighted by atomic mass is 32.2. The lowest BCUT2D eigenvalue weighted by atomic mass is 10.1. The predicted octanol–water partition coefficient (Wildman–Crippen LogP) is 3.55. The summed E-state index contributed by atoms with van der Waals surface area (Å²) in [5.41, 5.74) is 1.02. The zero-order valence-electron chi connectivity index (χ0n) is 17.8. The molecular formula is C22H20O9S2. The molecule has 33 heavy (non-hydrogen) atoms. The van der Waals surface area contributed by atoms with Crippen LogP contribution in [0.3, 0.4) is 0 Å². The Kier molecular flexibility index (Phi) is 6.65. The second-order valence-corrected chi connectivity index (χ2v) is 10.1. The van der Waals surface area contributed by atoms with E-state index in [4.69, 9.17) is 13.1 Å². The van der Waals surface area contributed by atoms with Gasteiger partial charge >= 0.3 is 26.2 Å². The van der Waals surface area contributed by atoms with Crippen LogP contribution in [0.15, 0.2) is 70.5 Å². The summed E-state index contributed by atoms with van der Waals surface area (Å²) in [5.74, 6) is -2.97. The Morgan fingerprint density at radius 1 is 0.727 bits per heavy atom. The van der Waals surface area contributed by atoms with Crippen LogP contribution in [0.5, 0.6) is 17.2 Å². The van der Waals surface area contributed by atoms with E-state index < -0.39 is 43.3 Å². The number of benzene rings is 3. The van der Waals surface area contributed by atoms with Crippen LogP contribution in [-0.4, -0.2) is 35.0 Å². The van der Waals surface area contributed by atoms with Crippen LogP contribution in [0.1, 0.15) is 21.5 Å². The number of rotatable bonds is 8. The normalized spacial score (nSPS) is 11.6. The molecule has 0 radical (unpaired) electrons. The van der Waals surface area contributed by atoms with Gasteiger partial charge in [0.2, 0.25) is 0 Å². The van der Waals surface area contributed by atoms with E-state index in [1.807, 2.05) is 0 Å². The molecule has 0 amide bonds. The first kappa shape index (κ1) is 24.1. The molecule has 0 spiro atoms. The van der Waals surface area contributed by atoms with Crippen molar-refractivity contribution in [2.75, 3.05) is 7.11 Å². The molecule has 0 atom stereocenters. The second-order valence-electron chi connectivity index (χ2n) is 7.00. The summed E-state index contributed by atoms with van der Waals surface area (Å²) < 4.78 is 65.9. The average Bonchev–Trinajstić information content (AvgIpc) is 2.73. The fraction of sp³-hybridized carbons (Fsp3) is 0.136. The van der Waals surface area contributed by atoms with Crippen LogP contribution in [0.25, 0.3) is 0 Å². The quantitative estimate of drug-likeness (QED) is 0.469. The van der Waals surface area contributed by atoms with Crippen LogP contribution in [0.2, 0.25) is 0 Å². The first-order valence-electron chi connectivity index (χ1n) is 9.40. The van der Waals surface area contributed by atoms with Gasteiger partial charge in [-0.05, 0) is 38.1 Å². The molecule has 3 aromatic rings. The monoisotopic (exact) mass is 492 g/mol. The summed E-state index contributed by atoms with van der Waals surface area (Å²) >= 11 is 0. The fourth-order valence-corrected chi connectivity index (χ4v) is 4.65. The minimum Gasteiger partial charge on any atom is -0.496 e. The number of carboxylic acid groups (broad SMARTS) is 1. The number of hydrogen-bond donors (Lipinski definition) is 1. The molecule has 11 heteroatoms. The highest BCUT2D eigenvalue weighted by molar-refractivity contribution is 7.87. The number of carbonyl (C=O) groups is 1. The molecule has 174 valence electrons. The maximum Gasteiger partial charge on any atom is 0.343 e. The van der Waals surface area contributed by atoms with Gasteiger partial charge in [-0.1, -0.05) is 35.4 Å². The van der Waals surface area contributed by atoms with Crippen LogP contribution in [-0.2, 0) is 20.2 Å². The lowest BCUT2D eigenvalue weighted by Gasteiger charge is -2.15. The van der Waals surface area contributed by atoms with Gasteiger partial charge in [-0.15, -0.1) is 0 Å². The Bertz CT molecular complexity index is 1390. The van der Waals surface area contributed by atoms with E-state index in [1.54, 1.807) is 38.1 Å². The molecule has 1 N–H and O–H groups in total. The Morgan fingerprint density at radius 3 is 1.58 bits per heavy atom. The van der Waals surface area contributed by atoms with E-state index in [1.165, 1.54) is 24.3 Å². The standard InChI is InChI=1S/C22H20O9S2/c1-14-4-8-17(9-5-14)32(25,26)30-16-12-19(29-3)21(22(23)24)20(13-16)31-33(27,28)18-10-6-15(2)7-11-18/h4-13H,1-3H3,(H,23,24). The van der Waals surface area contributed by atoms with Gasteiger partial charge in [-0.25, -0.2) is 4.79 Å². The molecule has 3 aromatic carbocycles.